The number of nitriles is 1. The molecule has 2 fully saturated rings. The average Bonchev–Trinajstić information content (AvgIpc) is 2.76. The Hall–Kier alpha value is -1.95. The molecule has 158 valence electrons. The third-order valence-electron chi connectivity index (χ3n) is 5.65. The highest BCUT2D eigenvalue weighted by Gasteiger charge is 2.27. The number of amides is 1. The standard InChI is InChI=1S/C21H29N3O4S/c22-11-4-14-24(19-9-15-28-16-10-19)21(25)17-18-5-7-20(8-6-18)29(26,27)23-12-2-1-3-13-23/h5-8,19H,1-4,9-10,12-17H2. The highest BCUT2D eigenvalue weighted by atomic mass is 32.2. The monoisotopic (exact) mass is 419 g/mol. The SMILES string of the molecule is N#CCCN(C(=O)Cc1ccc(S(=O)(=O)N2CCCCC2)cc1)C1CCOCC1. The quantitative estimate of drug-likeness (QED) is 0.676. The van der Waals surface area contributed by atoms with Crippen LogP contribution in [0.1, 0.15) is 44.1 Å². The zero-order chi connectivity index (χ0) is 20.7. The maximum Gasteiger partial charge on any atom is 0.243 e. The van der Waals surface area contributed by atoms with Gasteiger partial charge in [0, 0.05) is 38.9 Å². The van der Waals surface area contributed by atoms with E-state index in [0.29, 0.717) is 39.3 Å². The molecule has 2 saturated heterocycles. The van der Waals surface area contributed by atoms with Crippen LogP contribution in [0.4, 0.5) is 0 Å². The second kappa shape index (κ2) is 10.2. The predicted molar refractivity (Wildman–Crippen MR) is 109 cm³/mol. The van der Waals surface area contributed by atoms with Gasteiger partial charge in [-0.15, -0.1) is 0 Å². The lowest BCUT2D eigenvalue weighted by molar-refractivity contribution is -0.134. The van der Waals surface area contributed by atoms with Crippen molar-refractivity contribution in [1.82, 2.24) is 9.21 Å². The first-order valence-corrected chi connectivity index (χ1v) is 11.8. The van der Waals surface area contributed by atoms with Crippen LogP contribution in [0.15, 0.2) is 29.2 Å². The van der Waals surface area contributed by atoms with Crippen LogP contribution in [-0.4, -0.2) is 62.4 Å². The molecule has 2 aliphatic heterocycles. The molecule has 2 heterocycles. The van der Waals surface area contributed by atoms with E-state index in [-0.39, 0.29) is 23.3 Å². The first kappa shape index (κ1) is 21.8. The number of hydrogen-bond acceptors (Lipinski definition) is 5. The molecule has 0 spiro atoms. The summed E-state index contributed by atoms with van der Waals surface area (Å²) in [4.78, 5) is 15.0. The fourth-order valence-corrected chi connectivity index (χ4v) is 5.51. The van der Waals surface area contributed by atoms with Gasteiger partial charge in [-0.25, -0.2) is 8.42 Å². The van der Waals surface area contributed by atoms with Crippen LogP contribution >= 0.6 is 0 Å². The van der Waals surface area contributed by atoms with Crippen LogP contribution in [0.3, 0.4) is 0 Å². The minimum atomic E-state index is -3.46. The molecule has 0 saturated carbocycles. The lowest BCUT2D eigenvalue weighted by atomic mass is 10.0. The lowest BCUT2D eigenvalue weighted by Gasteiger charge is -2.34. The molecule has 0 aromatic heterocycles. The van der Waals surface area contributed by atoms with Gasteiger partial charge >= 0.3 is 0 Å². The van der Waals surface area contributed by atoms with Gasteiger partial charge in [0.25, 0.3) is 0 Å². The van der Waals surface area contributed by atoms with Gasteiger partial charge < -0.3 is 9.64 Å². The maximum atomic E-state index is 12.9. The van der Waals surface area contributed by atoms with Crippen LogP contribution in [0.5, 0.6) is 0 Å². The number of piperidine rings is 1. The van der Waals surface area contributed by atoms with E-state index in [4.69, 9.17) is 10.00 Å². The van der Waals surface area contributed by atoms with Gasteiger partial charge in [0.1, 0.15) is 0 Å². The number of rotatable bonds is 7. The summed E-state index contributed by atoms with van der Waals surface area (Å²) in [5.41, 5.74) is 0.779. The van der Waals surface area contributed by atoms with Crippen LogP contribution in [-0.2, 0) is 26.0 Å². The van der Waals surface area contributed by atoms with E-state index in [9.17, 15) is 13.2 Å². The summed E-state index contributed by atoms with van der Waals surface area (Å²) in [7, 11) is -3.46. The predicted octanol–water partition coefficient (Wildman–Crippen LogP) is 2.32. The first-order chi connectivity index (χ1) is 14.0. The molecule has 0 atom stereocenters. The molecule has 2 aliphatic rings. The van der Waals surface area contributed by atoms with Crippen LogP contribution in [0.25, 0.3) is 0 Å². The molecule has 0 bridgehead atoms. The highest BCUT2D eigenvalue weighted by molar-refractivity contribution is 7.89. The Bertz CT molecular complexity index is 820. The minimum absolute atomic E-state index is 0.0289. The van der Waals surface area contributed by atoms with Gasteiger partial charge in [0.2, 0.25) is 15.9 Å². The average molecular weight is 420 g/mol. The summed E-state index contributed by atoms with van der Waals surface area (Å²) >= 11 is 0. The van der Waals surface area contributed by atoms with E-state index in [1.54, 1.807) is 33.5 Å². The second-order valence-electron chi connectivity index (χ2n) is 7.62. The Morgan fingerprint density at radius 1 is 1.14 bits per heavy atom. The van der Waals surface area contributed by atoms with Crippen molar-refractivity contribution in [2.75, 3.05) is 32.8 Å². The molecule has 0 aliphatic carbocycles. The summed E-state index contributed by atoms with van der Waals surface area (Å²) in [5.74, 6) is -0.0289. The van der Waals surface area contributed by atoms with Gasteiger partial charge in [-0.3, -0.25) is 4.79 Å². The van der Waals surface area contributed by atoms with Crippen LogP contribution in [0, 0.1) is 11.3 Å². The smallest absolute Gasteiger partial charge is 0.243 e. The molecular weight excluding hydrogens is 390 g/mol. The van der Waals surface area contributed by atoms with E-state index < -0.39 is 10.0 Å². The van der Waals surface area contributed by atoms with E-state index in [1.165, 1.54) is 0 Å². The Balaban J connectivity index is 1.67. The number of carbonyl (C=O) groups is 1. The van der Waals surface area contributed by atoms with Gasteiger partial charge in [-0.05, 0) is 43.4 Å². The Labute approximate surface area is 173 Å². The molecule has 0 radical (unpaired) electrons. The van der Waals surface area contributed by atoms with Crippen molar-refractivity contribution < 1.29 is 17.9 Å². The van der Waals surface area contributed by atoms with Gasteiger partial charge in [-0.2, -0.15) is 9.57 Å². The molecular formula is C21H29N3O4S. The zero-order valence-electron chi connectivity index (χ0n) is 16.8. The molecule has 8 heteroatoms. The summed E-state index contributed by atoms with van der Waals surface area (Å²) in [6.07, 6.45) is 4.94. The van der Waals surface area contributed by atoms with E-state index in [0.717, 1.165) is 37.7 Å². The molecule has 3 rings (SSSR count). The molecule has 1 aromatic rings. The molecule has 1 aromatic carbocycles. The van der Waals surface area contributed by atoms with Crippen molar-refractivity contribution in [1.29, 1.82) is 5.26 Å². The second-order valence-corrected chi connectivity index (χ2v) is 9.56. The number of ether oxygens (including phenoxy) is 1. The Kier molecular flexibility index (Phi) is 7.64. The molecule has 29 heavy (non-hydrogen) atoms. The van der Waals surface area contributed by atoms with Crippen molar-refractivity contribution in [2.24, 2.45) is 0 Å². The third-order valence-corrected chi connectivity index (χ3v) is 7.56. The van der Waals surface area contributed by atoms with E-state index in [2.05, 4.69) is 6.07 Å². The summed E-state index contributed by atoms with van der Waals surface area (Å²) in [6.45, 7) is 2.82. The fraction of sp³-hybridized carbons (Fsp3) is 0.619. The van der Waals surface area contributed by atoms with E-state index in [1.807, 2.05) is 0 Å². The van der Waals surface area contributed by atoms with Crippen molar-refractivity contribution in [2.45, 2.75) is 55.9 Å². The Morgan fingerprint density at radius 2 is 1.79 bits per heavy atom. The molecule has 0 N–H and O–H groups in total. The lowest BCUT2D eigenvalue weighted by Crippen LogP contribution is -2.44. The molecule has 0 unspecified atom stereocenters. The maximum absolute atomic E-state index is 12.9. The summed E-state index contributed by atoms with van der Waals surface area (Å²) in [6, 6.07) is 8.86. The van der Waals surface area contributed by atoms with Gasteiger partial charge in [-0.1, -0.05) is 18.6 Å². The highest BCUT2D eigenvalue weighted by Crippen LogP contribution is 2.22. The van der Waals surface area contributed by atoms with Gasteiger partial charge in [0.15, 0.2) is 0 Å². The molecule has 7 nitrogen and oxygen atoms in total. The normalized spacial score (nSPS) is 18.9. The topological polar surface area (TPSA) is 90.7 Å². The van der Waals surface area contributed by atoms with Gasteiger partial charge in [0.05, 0.1) is 23.8 Å². The third kappa shape index (κ3) is 5.56. The fourth-order valence-electron chi connectivity index (χ4n) is 3.99. The van der Waals surface area contributed by atoms with Crippen LogP contribution in [0.2, 0.25) is 0 Å². The van der Waals surface area contributed by atoms with Crippen molar-refractivity contribution >= 4 is 15.9 Å². The van der Waals surface area contributed by atoms with Crippen LogP contribution < -0.4 is 0 Å². The number of benzene rings is 1. The Morgan fingerprint density at radius 3 is 2.41 bits per heavy atom. The molecule has 1 amide bonds. The number of hydrogen-bond donors (Lipinski definition) is 0. The number of carbonyl (C=O) groups excluding carboxylic acids is 1. The number of sulfonamides is 1. The largest absolute Gasteiger partial charge is 0.381 e. The minimum Gasteiger partial charge on any atom is -0.381 e. The van der Waals surface area contributed by atoms with E-state index >= 15 is 0 Å². The first-order valence-electron chi connectivity index (χ1n) is 10.4. The van der Waals surface area contributed by atoms with Crippen molar-refractivity contribution in [3.8, 4) is 6.07 Å². The summed E-state index contributed by atoms with van der Waals surface area (Å²) in [5, 5.41) is 8.93. The van der Waals surface area contributed by atoms with Crippen molar-refractivity contribution in [3.63, 3.8) is 0 Å². The van der Waals surface area contributed by atoms with Crippen molar-refractivity contribution in [3.05, 3.63) is 29.8 Å². The summed E-state index contributed by atoms with van der Waals surface area (Å²) < 4.78 is 32.5. The zero-order valence-corrected chi connectivity index (χ0v) is 17.6. The number of nitrogens with zero attached hydrogens (tertiary/aromatic N) is 3.